The van der Waals surface area contributed by atoms with Crippen LogP contribution < -0.4 is 4.90 Å². The first-order valence-electron chi connectivity index (χ1n) is 9.23. The predicted octanol–water partition coefficient (Wildman–Crippen LogP) is 6.59. The topological polar surface area (TPSA) is 29.0 Å². The van der Waals surface area contributed by atoms with Crippen molar-refractivity contribution in [1.82, 2.24) is 7.96 Å². The van der Waals surface area contributed by atoms with E-state index in [9.17, 15) is 0 Å². The minimum absolute atomic E-state index is 0.0572. The van der Waals surface area contributed by atoms with Gasteiger partial charge in [-0.25, -0.2) is 0 Å². The molecule has 0 radical (unpaired) electrons. The molecular weight excluding hydrogens is 489 g/mol. The fraction of sp³-hybridized carbons (Fsp3) is 0. The second-order valence-corrected chi connectivity index (χ2v) is 8.57. The summed E-state index contributed by atoms with van der Waals surface area (Å²) in [4.78, 5) is 2.26. The van der Waals surface area contributed by atoms with Crippen molar-refractivity contribution in [3.05, 3.63) is 102 Å². The zero-order valence-corrected chi connectivity index (χ0v) is 18.7. The molecule has 4 aromatic carbocycles. The van der Waals surface area contributed by atoms with Crippen molar-refractivity contribution in [3.8, 4) is 11.1 Å². The molecule has 0 N–H and O–H groups in total. The summed E-state index contributed by atoms with van der Waals surface area (Å²) >= 11 is 3.53. The molecule has 0 atom stereocenters. The Morgan fingerprint density at radius 2 is 1.14 bits per heavy atom. The Bertz CT molecular complexity index is 1210. The van der Waals surface area contributed by atoms with Crippen molar-refractivity contribution in [2.24, 2.45) is 0 Å². The molecule has 5 aromatic rings. The molecule has 0 aliphatic carbocycles. The molecular formula is C24H16BrN3Se. The Kier molecular flexibility index (Phi) is 5.03. The first-order valence-corrected chi connectivity index (χ1v) is 11.6. The number of aromatic nitrogens is 2. The Hall–Kier alpha value is -2.72. The molecule has 3 nitrogen and oxygen atoms in total. The van der Waals surface area contributed by atoms with Gasteiger partial charge < -0.3 is 0 Å². The van der Waals surface area contributed by atoms with Gasteiger partial charge >= 0.3 is 185 Å². The van der Waals surface area contributed by atoms with Crippen LogP contribution in [0.2, 0.25) is 0 Å². The first-order chi connectivity index (χ1) is 14.3. The monoisotopic (exact) mass is 505 g/mol. The van der Waals surface area contributed by atoms with Gasteiger partial charge in [-0.3, -0.25) is 0 Å². The molecule has 0 aliphatic heterocycles. The van der Waals surface area contributed by atoms with Gasteiger partial charge in [-0.15, -0.1) is 0 Å². The van der Waals surface area contributed by atoms with Crippen LogP contribution in [-0.4, -0.2) is 22.9 Å². The third-order valence-electron chi connectivity index (χ3n) is 4.83. The predicted molar refractivity (Wildman–Crippen MR) is 124 cm³/mol. The van der Waals surface area contributed by atoms with Gasteiger partial charge in [0.1, 0.15) is 0 Å². The molecule has 140 valence electrons. The van der Waals surface area contributed by atoms with Crippen LogP contribution in [-0.2, 0) is 0 Å². The third kappa shape index (κ3) is 3.53. The van der Waals surface area contributed by atoms with Crippen molar-refractivity contribution in [3.63, 3.8) is 0 Å². The number of hydrogen-bond acceptors (Lipinski definition) is 3. The van der Waals surface area contributed by atoms with Gasteiger partial charge in [0.25, 0.3) is 0 Å². The molecule has 29 heavy (non-hydrogen) atoms. The van der Waals surface area contributed by atoms with Crippen LogP contribution in [0.5, 0.6) is 0 Å². The SMILES string of the molecule is Brc1ccc(-c2ccc(N(c3ccccc3)c3ccccc3)cc2)c2n[se]nc12. The molecule has 0 bridgehead atoms. The van der Waals surface area contributed by atoms with E-state index in [0.717, 1.165) is 43.7 Å². The van der Waals surface area contributed by atoms with E-state index >= 15 is 0 Å². The number of nitrogens with zero attached hydrogens (tertiary/aromatic N) is 3. The summed E-state index contributed by atoms with van der Waals surface area (Å²) in [5.74, 6) is 0. The van der Waals surface area contributed by atoms with Crippen molar-refractivity contribution in [2.45, 2.75) is 0 Å². The summed E-state index contributed by atoms with van der Waals surface area (Å²) in [5.41, 5.74) is 7.63. The van der Waals surface area contributed by atoms with Crippen LogP contribution in [0, 0.1) is 0 Å². The molecule has 5 heteroatoms. The van der Waals surface area contributed by atoms with Crippen LogP contribution in [0.25, 0.3) is 22.2 Å². The molecule has 0 fully saturated rings. The van der Waals surface area contributed by atoms with E-state index in [0.29, 0.717) is 0 Å². The van der Waals surface area contributed by atoms with Gasteiger partial charge in [0, 0.05) is 0 Å². The average Bonchev–Trinajstić information content (AvgIpc) is 3.28. The molecule has 0 saturated heterocycles. The van der Waals surface area contributed by atoms with E-state index in [1.54, 1.807) is 0 Å². The second kappa shape index (κ2) is 7.96. The maximum atomic E-state index is 4.64. The molecule has 0 amide bonds. The first kappa shape index (κ1) is 18.3. The van der Waals surface area contributed by atoms with Gasteiger partial charge in [0.15, 0.2) is 0 Å². The van der Waals surface area contributed by atoms with E-state index in [2.05, 4.69) is 114 Å². The van der Waals surface area contributed by atoms with Crippen molar-refractivity contribution >= 4 is 59.0 Å². The molecule has 1 heterocycles. The van der Waals surface area contributed by atoms with Crippen LogP contribution >= 0.6 is 15.9 Å². The van der Waals surface area contributed by atoms with E-state index in [-0.39, 0.29) is 15.0 Å². The van der Waals surface area contributed by atoms with Crippen LogP contribution in [0.15, 0.2) is 102 Å². The minimum atomic E-state index is -0.0572. The molecule has 1 aromatic heterocycles. The maximum absolute atomic E-state index is 4.64. The number of anilines is 3. The summed E-state index contributed by atoms with van der Waals surface area (Å²) in [5, 5.41) is 0. The summed E-state index contributed by atoms with van der Waals surface area (Å²) in [6.45, 7) is 0. The van der Waals surface area contributed by atoms with Crippen LogP contribution in [0.1, 0.15) is 0 Å². The fourth-order valence-corrected chi connectivity index (χ4v) is 5.34. The molecule has 0 unspecified atom stereocenters. The zero-order chi connectivity index (χ0) is 19.6. The van der Waals surface area contributed by atoms with Gasteiger partial charge in [0.2, 0.25) is 0 Å². The molecule has 5 rings (SSSR count). The van der Waals surface area contributed by atoms with E-state index in [4.69, 9.17) is 0 Å². The number of benzene rings is 4. The second-order valence-electron chi connectivity index (χ2n) is 6.61. The summed E-state index contributed by atoms with van der Waals surface area (Å²) in [6, 6.07) is 33.7. The molecule has 0 saturated carbocycles. The summed E-state index contributed by atoms with van der Waals surface area (Å²) in [7, 11) is 0. The van der Waals surface area contributed by atoms with Gasteiger partial charge in [-0.05, 0) is 0 Å². The normalized spacial score (nSPS) is 10.9. The summed E-state index contributed by atoms with van der Waals surface area (Å²) in [6.07, 6.45) is 0. The van der Waals surface area contributed by atoms with E-state index in [1.165, 1.54) is 0 Å². The van der Waals surface area contributed by atoms with Crippen molar-refractivity contribution < 1.29 is 0 Å². The quantitative estimate of drug-likeness (QED) is 0.258. The zero-order valence-electron chi connectivity index (χ0n) is 15.4. The van der Waals surface area contributed by atoms with Crippen LogP contribution in [0.3, 0.4) is 0 Å². The third-order valence-corrected chi connectivity index (χ3v) is 6.58. The number of para-hydroxylation sites is 2. The summed E-state index contributed by atoms with van der Waals surface area (Å²) < 4.78 is 10.2. The Morgan fingerprint density at radius 1 is 0.586 bits per heavy atom. The van der Waals surface area contributed by atoms with E-state index in [1.807, 2.05) is 12.1 Å². The van der Waals surface area contributed by atoms with Crippen molar-refractivity contribution in [2.75, 3.05) is 4.90 Å². The number of rotatable bonds is 4. The van der Waals surface area contributed by atoms with Gasteiger partial charge in [0.05, 0.1) is 0 Å². The molecule has 0 spiro atoms. The van der Waals surface area contributed by atoms with Crippen molar-refractivity contribution in [1.29, 1.82) is 0 Å². The van der Waals surface area contributed by atoms with E-state index < -0.39 is 0 Å². The average molecular weight is 505 g/mol. The Labute approximate surface area is 184 Å². The number of hydrogen-bond donors (Lipinski definition) is 0. The number of halogens is 1. The fourth-order valence-electron chi connectivity index (χ4n) is 3.46. The Balaban J connectivity index is 1.59. The standard InChI is InChI=1S/C24H16BrN3Se/c25-22-16-15-21(23-24(22)27-29-26-23)17-11-13-20(14-12-17)28(18-7-3-1-4-8-18)19-9-5-2-6-10-19/h1-16H. The van der Waals surface area contributed by atoms with Crippen LogP contribution in [0.4, 0.5) is 17.1 Å². The van der Waals surface area contributed by atoms with Gasteiger partial charge in [-0.2, -0.15) is 0 Å². The Morgan fingerprint density at radius 3 is 1.76 bits per heavy atom. The number of fused-ring (bicyclic) bond motifs is 1. The van der Waals surface area contributed by atoms with Gasteiger partial charge in [-0.1, -0.05) is 0 Å². The molecule has 0 aliphatic rings.